The Morgan fingerprint density at radius 2 is 2.27 bits per heavy atom. The minimum Gasteiger partial charge on any atom is -0.301 e. The molecule has 0 aliphatic heterocycles. The summed E-state index contributed by atoms with van der Waals surface area (Å²) in [6, 6.07) is 2.32. The molecule has 0 aromatic rings. The van der Waals surface area contributed by atoms with Gasteiger partial charge in [-0.25, -0.2) is 0 Å². The van der Waals surface area contributed by atoms with Gasteiger partial charge in [0, 0.05) is 6.54 Å². The molecule has 0 saturated heterocycles. The van der Waals surface area contributed by atoms with Crippen molar-refractivity contribution in [3.63, 3.8) is 0 Å². The van der Waals surface area contributed by atoms with Gasteiger partial charge in [-0.05, 0) is 38.0 Å². The minimum atomic E-state index is 0.00851. The molecule has 2 heteroatoms. The zero-order chi connectivity index (χ0) is 11.1. The topological polar surface area (TPSA) is 35.8 Å². The summed E-state index contributed by atoms with van der Waals surface area (Å²) in [7, 11) is 0. The highest BCUT2D eigenvalue weighted by Crippen LogP contribution is 2.19. The minimum absolute atomic E-state index is 0.00851. The molecule has 1 aliphatic rings. The van der Waals surface area contributed by atoms with E-state index < -0.39 is 0 Å². The van der Waals surface area contributed by atoms with Crippen molar-refractivity contribution in [1.82, 2.24) is 5.32 Å². The van der Waals surface area contributed by atoms with Crippen LogP contribution in [0.1, 0.15) is 46.0 Å². The van der Waals surface area contributed by atoms with Crippen LogP contribution in [-0.4, -0.2) is 12.6 Å². The number of nitrogens with zero attached hydrogens (tertiary/aromatic N) is 1. The zero-order valence-corrected chi connectivity index (χ0v) is 9.92. The summed E-state index contributed by atoms with van der Waals surface area (Å²) in [6.45, 7) is 5.11. The van der Waals surface area contributed by atoms with Gasteiger partial charge in [0.1, 0.15) is 0 Å². The van der Waals surface area contributed by atoms with Crippen molar-refractivity contribution in [2.75, 3.05) is 6.54 Å². The Bertz CT molecular complexity index is 248. The van der Waals surface area contributed by atoms with Crippen LogP contribution in [0.15, 0.2) is 11.6 Å². The third-order valence-corrected chi connectivity index (χ3v) is 3.00. The van der Waals surface area contributed by atoms with Crippen molar-refractivity contribution in [2.24, 2.45) is 5.92 Å². The van der Waals surface area contributed by atoms with Crippen molar-refractivity contribution < 1.29 is 0 Å². The van der Waals surface area contributed by atoms with Crippen molar-refractivity contribution >= 4 is 0 Å². The predicted molar refractivity (Wildman–Crippen MR) is 63.4 cm³/mol. The summed E-state index contributed by atoms with van der Waals surface area (Å²) >= 11 is 0. The van der Waals surface area contributed by atoms with Gasteiger partial charge >= 0.3 is 0 Å². The van der Waals surface area contributed by atoms with Crippen LogP contribution in [0, 0.1) is 17.2 Å². The molecule has 0 amide bonds. The van der Waals surface area contributed by atoms with Gasteiger partial charge in [-0.1, -0.05) is 25.5 Å². The van der Waals surface area contributed by atoms with Crippen molar-refractivity contribution in [3.05, 3.63) is 11.6 Å². The first-order valence-electron chi connectivity index (χ1n) is 6.05. The summed E-state index contributed by atoms with van der Waals surface area (Å²) in [5.41, 5.74) is 1.58. The second-order valence-corrected chi connectivity index (χ2v) is 4.66. The van der Waals surface area contributed by atoms with Crippen LogP contribution >= 0.6 is 0 Å². The van der Waals surface area contributed by atoms with Crippen LogP contribution in [0.4, 0.5) is 0 Å². The van der Waals surface area contributed by atoms with E-state index in [1.165, 1.54) is 25.7 Å². The Morgan fingerprint density at radius 3 is 2.80 bits per heavy atom. The van der Waals surface area contributed by atoms with Crippen LogP contribution in [0.2, 0.25) is 0 Å². The van der Waals surface area contributed by atoms with E-state index in [-0.39, 0.29) is 6.04 Å². The molecule has 1 atom stereocenters. The average molecular weight is 206 g/mol. The first kappa shape index (κ1) is 12.3. The van der Waals surface area contributed by atoms with E-state index in [9.17, 15) is 0 Å². The van der Waals surface area contributed by atoms with Gasteiger partial charge in [0.2, 0.25) is 0 Å². The van der Waals surface area contributed by atoms with Crippen LogP contribution in [0.3, 0.4) is 0 Å². The molecule has 2 nitrogen and oxygen atoms in total. The van der Waals surface area contributed by atoms with E-state index in [1.807, 2.05) is 0 Å². The van der Waals surface area contributed by atoms with Crippen molar-refractivity contribution in [3.8, 4) is 6.07 Å². The Hall–Kier alpha value is -0.810. The fourth-order valence-corrected chi connectivity index (χ4v) is 1.95. The Kier molecular flexibility index (Phi) is 5.42. The van der Waals surface area contributed by atoms with Gasteiger partial charge in [0.15, 0.2) is 0 Å². The molecule has 0 aromatic heterocycles. The van der Waals surface area contributed by atoms with E-state index in [2.05, 4.69) is 31.3 Å². The average Bonchev–Trinajstić information content (AvgIpc) is 2.25. The maximum absolute atomic E-state index is 8.91. The molecular weight excluding hydrogens is 184 g/mol. The normalized spacial score (nSPS) is 18.4. The van der Waals surface area contributed by atoms with Gasteiger partial charge in [-0.15, -0.1) is 0 Å². The molecular formula is C13H22N2. The highest BCUT2D eigenvalue weighted by molar-refractivity contribution is 5.05. The number of rotatable bonds is 5. The summed E-state index contributed by atoms with van der Waals surface area (Å²) in [6.07, 6.45) is 8.70. The lowest BCUT2D eigenvalue weighted by Crippen LogP contribution is -2.33. The molecule has 1 rings (SSSR count). The second-order valence-electron chi connectivity index (χ2n) is 4.66. The maximum Gasteiger partial charge on any atom is 0.0976 e. The molecule has 0 radical (unpaired) electrons. The highest BCUT2D eigenvalue weighted by Gasteiger charge is 2.11. The molecule has 0 spiro atoms. The number of hydrogen-bond acceptors (Lipinski definition) is 2. The lowest BCUT2D eigenvalue weighted by molar-refractivity contribution is 0.472. The van der Waals surface area contributed by atoms with Gasteiger partial charge < -0.3 is 5.32 Å². The standard InChI is InChI=1S/C13H22N2/c1-11(2)13(10-14)15-9-8-12-6-4-3-5-7-12/h6,11,13,15H,3-5,7-9H2,1-2H3. The van der Waals surface area contributed by atoms with Crippen LogP contribution < -0.4 is 5.32 Å². The van der Waals surface area contributed by atoms with Crippen LogP contribution in [0.25, 0.3) is 0 Å². The molecule has 0 fully saturated rings. The van der Waals surface area contributed by atoms with Gasteiger partial charge in [0.25, 0.3) is 0 Å². The predicted octanol–water partition coefficient (Wildman–Crippen LogP) is 3.01. The Morgan fingerprint density at radius 1 is 1.47 bits per heavy atom. The SMILES string of the molecule is CC(C)C(C#N)NCCC1=CCCCC1. The van der Waals surface area contributed by atoms with Gasteiger partial charge in [-0.2, -0.15) is 5.26 Å². The quantitative estimate of drug-likeness (QED) is 0.702. The molecule has 1 N–H and O–H groups in total. The van der Waals surface area contributed by atoms with Crippen LogP contribution in [-0.2, 0) is 0 Å². The van der Waals surface area contributed by atoms with E-state index in [0.29, 0.717) is 5.92 Å². The van der Waals surface area contributed by atoms with Gasteiger partial charge in [0.05, 0.1) is 12.1 Å². The number of allylic oxidation sites excluding steroid dienone is 1. The highest BCUT2D eigenvalue weighted by atomic mass is 14.9. The fraction of sp³-hybridized carbons (Fsp3) is 0.769. The van der Waals surface area contributed by atoms with E-state index >= 15 is 0 Å². The summed E-state index contributed by atoms with van der Waals surface area (Å²) < 4.78 is 0. The van der Waals surface area contributed by atoms with E-state index in [1.54, 1.807) is 5.57 Å². The lowest BCUT2D eigenvalue weighted by Gasteiger charge is -2.17. The molecule has 15 heavy (non-hydrogen) atoms. The molecule has 1 unspecified atom stereocenters. The third kappa shape index (κ3) is 4.48. The largest absolute Gasteiger partial charge is 0.301 e. The van der Waals surface area contributed by atoms with Crippen molar-refractivity contribution in [1.29, 1.82) is 5.26 Å². The third-order valence-electron chi connectivity index (χ3n) is 3.00. The first-order chi connectivity index (χ1) is 7.24. The lowest BCUT2D eigenvalue weighted by atomic mass is 9.97. The number of nitrogens with one attached hydrogen (secondary N) is 1. The summed E-state index contributed by atoms with van der Waals surface area (Å²) in [5, 5.41) is 12.2. The zero-order valence-electron chi connectivity index (χ0n) is 9.92. The molecule has 0 heterocycles. The Balaban J connectivity index is 2.20. The number of hydrogen-bond donors (Lipinski definition) is 1. The van der Waals surface area contributed by atoms with Crippen LogP contribution in [0.5, 0.6) is 0 Å². The maximum atomic E-state index is 8.91. The second kappa shape index (κ2) is 6.63. The monoisotopic (exact) mass is 206 g/mol. The summed E-state index contributed by atoms with van der Waals surface area (Å²) in [5.74, 6) is 0.398. The smallest absolute Gasteiger partial charge is 0.0976 e. The Labute approximate surface area is 93.4 Å². The van der Waals surface area contributed by atoms with E-state index in [0.717, 1.165) is 13.0 Å². The fourth-order valence-electron chi connectivity index (χ4n) is 1.95. The van der Waals surface area contributed by atoms with E-state index in [4.69, 9.17) is 5.26 Å². The molecule has 0 bridgehead atoms. The number of nitriles is 1. The molecule has 1 aliphatic carbocycles. The van der Waals surface area contributed by atoms with Crippen molar-refractivity contribution in [2.45, 2.75) is 52.0 Å². The molecule has 0 saturated carbocycles. The summed E-state index contributed by atoms with van der Waals surface area (Å²) in [4.78, 5) is 0. The first-order valence-corrected chi connectivity index (χ1v) is 6.05. The van der Waals surface area contributed by atoms with Gasteiger partial charge in [-0.3, -0.25) is 0 Å². The molecule has 84 valence electrons. The molecule has 0 aromatic carbocycles.